The topological polar surface area (TPSA) is 56.9 Å². The molecule has 0 saturated carbocycles. The van der Waals surface area contributed by atoms with Crippen molar-refractivity contribution in [2.24, 2.45) is 7.05 Å². The lowest BCUT2D eigenvalue weighted by Crippen LogP contribution is -2.24. The second-order valence-corrected chi connectivity index (χ2v) is 9.38. The van der Waals surface area contributed by atoms with Crippen LogP contribution in [-0.2, 0) is 26.4 Å². The third-order valence-electron chi connectivity index (χ3n) is 5.03. The lowest BCUT2D eigenvalue weighted by molar-refractivity contribution is 0.101. The second-order valence-electron chi connectivity index (χ2n) is 7.35. The van der Waals surface area contributed by atoms with E-state index in [2.05, 4.69) is 6.58 Å². The first-order valence-electron chi connectivity index (χ1n) is 9.42. The molecule has 0 saturated heterocycles. The highest BCUT2D eigenvalue weighted by molar-refractivity contribution is 7.99. The molecule has 1 aliphatic rings. The quantitative estimate of drug-likeness (QED) is 0.263. The molecule has 0 bridgehead atoms. The van der Waals surface area contributed by atoms with Gasteiger partial charge in [0.2, 0.25) is 0 Å². The Labute approximate surface area is 172 Å². The minimum atomic E-state index is 0.00113. The number of carbonyl (C=O) groups is 1. The van der Waals surface area contributed by atoms with Crippen LogP contribution >= 0.6 is 23.1 Å². The molecule has 3 aromatic rings. The van der Waals surface area contributed by atoms with Crippen molar-refractivity contribution < 1.29 is 4.79 Å². The van der Waals surface area contributed by atoms with Gasteiger partial charge in [0, 0.05) is 24.7 Å². The maximum Gasteiger partial charge on any atom is 0.263 e. The molecule has 7 heteroatoms. The van der Waals surface area contributed by atoms with Crippen LogP contribution in [0.3, 0.4) is 0 Å². The fourth-order valence-corrected chi connectivity index (χ4v) is 5.87. The number of thioether (sulfide) groups is 1. The number of hydrogen-bond donors (Lipinski definition) is 0. The Morgan fingerprint density at radius 1 is 1.36 bits per heavy atom. The van der Waals surface area contributed by atoms with Gasteiger partial charge < -0.3 is 4.57 Å². The summed E-state index contributed by atoms with van der Waals surface area (Å²) in [5, 5.41) is 1.38. The number of hydrogen-bond acceptors (Lipinski definition) is 5. The van der Waals surface area contributed by atoms with Crippen molar-refractivity contribution >= 4 is 39.1 Å². The summed E-state index contributed by atoms with van der Waals surface area (Å²) in [5.74, 6) is 0.274. The number of thiophene rings is 1. The van der Waals surface area contributed by atoms with Crippen molar-refractivity contribution in [2.45, 2.75) is 44.3 Å². The van der Waals surface area contributed by atoms with Gasteiger partial charge in [-0.2, -0.15) is 0 Å². The summed E-state index contributed by atoms with van der Waals surface area (Å²) >= 11 is 2.97. The monoisotopic (exact) mass is 413 g/mol. The zero-order valence-corrected chi connectivity index (χ0v) is 17.8. The fourth-order valence-electron chi connectivity index (χ4n) is 3.69. The summed E-state index contributed by atoms with van der Waals surface area (Å²) in [6.07, 6.45) is 6.14. The van der Waals surface area contributed by atoms with Gasteiger partial charge in [0.1, 0.15) is 4.83 Å². The Bertz CT molecular complexity index is 1140. The van der Waals surface area contributed by atoms with E-state index in [0.717, 1.165) is 35.1 Å². The van der Waals surface area contributed by atoms with Gasteiger partial charge in [-0.3, -0.25) is 14.2 Å². The van der Waals surface area contributed by atoms with E-state index in [1.165, 1.54) is 28.6 Å². The molecule has 3 aromatic heterocycles. The second kappa shape index (κ2) is 7.72. The highest BCUT2D eigenvalue weighted by Gasteiger charge is 2.23. The van der Waals surface area contributed by atoms with Crippen molar-refractivity contribution in [1.82, 2.24) is 14.1 Å². The maximum absolute atomic E-state index is 13.3. The number of aryl methyl sites for hydroxylation is 3. The predicted molar refractivity (Wildman–Crippen MR) is 116 cm³/mol. The Morgan fingerprint density at radius 2 is 2.14 bits per heavy atom. The Hall–Kier alpha value is -2.12. The predicted octanol–water partition coefficient (Wildman–Crippen LogP) is 4.23. The first-order chi connectivity index (χ1) is 13.5. The van der Waals surface area contributed by atoms with E-state index in [-0.39, 0.29) is 17.1 Å². The molecule has 0 N–H and O–H groups in total. The average Bonchev–Trinajstić information content (AvgIpc) is 3.25. The third-order valence-corrected chi connectivity index (χ3v) is 7.19. The van der Waals surface area contributed by atoms with Gasteiger partial charge in [0.25, 0.3) is 5.56 Å². The number of rotatable bonds is 6. The molecule has 0 spiro atoms. The molecule has 0 aromatic carbocycles. The van der Waals surface area contributed by atoms with Crippen LogP contribution < -0.4 is 5.56 Å². The molecule has 0 fully saturated rings. The summed E-state index contributed by atoms with van der Waals surface area (Å²) in [6, 6.07) is 3.67. The molecule has 28 heavy (non-hydrogen) atoms. The Balaban J connectivity index is 1.74. The van der Waals surface area contributed by atoms with Crippen LogP contribution in [0.4, 0.5) is 0 Å². The van der Waals surface area contributed by atoms with E-state index in [0.29, 0.717) is 17.4 Å². The van der Waals surface area contributed by atoms with Crippen molar-refractivity contribution in [2.75, 3.05) is 5.75 Å². The van der Waals surface area contributed by atoms with Crippen LogP contribution in [0.1, 0.15) is 40.7 Å². The summed E-state index contributed by atoms with van der Waals surface area (Å²) in [6.45, 7) is 6.30. The molecule has 5 nitrogen and oxygen atoms in total. The molecule has 0 radical (unpaired) electrons. The highest BCUT2D eigenvalue weighted by atomic mass is 32.2. The molecular formula is C21H23N3O2S2. The van der Waals surface area contributed by atoms with E-state index >= 15 is 0 Å². The molecular weight excluding hydrogens is 390 g/mol. The standard InChI is InChI=1S/C21H23N3O2S2/c1-13(2)11-24-20(26)18-14-7-4-5-9-17(14)28-19(18)22-21(24)27-12-16(25)15-8-6-10-23(15)3/h6,8,10H,1,4-5,7,9,11-12H2,2-3H3. The van der Waals surface area contributed by atoms with Crippen LogP contribution in [0.25, 0.3) is 10.2 Å². The van der Waals surface area contributed by atoms with Crippen LogP contribution in [0, 0.1) is 0 Å². The Kier molecular flexibility index (Phi) is 5.29. The third kappa shape index (κ3) is 3.49. The number of nitrogens with zero attached hydrogens (tertiary/aromatic N) is 3. The first-order valence-corrected chi connectivity index (χ1v) is 11.2. The number of Topliss-reactive ketones (excluding diaryl/α,β-unsaturated/α-hetero) is 1. The van der Waals surface area contributed by atoms with Crippen molar-refractivity contribution in [3.63, 3.8) is 0 Å². The zero-order chi connectivity index (χ0) is 19.8. The molecule has 0 atom stereocenters. The van der Waals surface area contributed by atoms with Gasteiger partial charge in [0.05, 0.1) is 16.8 Å². The largest absolute Gasteiger partial charge is 0.348 e. The average molecular weight is 414 g/mol. The summed E-state index contributed by atoms with van der Waals surface area (Å²) in [7, 11) is 1.86. The SMILES string of the molecule is C=C(C)Cn1c(SCC(=O)c2cccn2C)nc2sc3c(c2c1=O)CCCC3. The highest BCUT2D eigenvalue weighted by Crippen LogP contribution is 2.34. The van der Waals surface area contributed by atoms with E-state index in [4.69, 9.17) is 4.98 Å². The van der Waals surface area contributed by atoms with Crippen LogP contribution in [0.5, 0.6) is 0 Å². The van der Waals surface area contributed by atoms with E-state index < -0.39 is 0 Å². The Morgan fingerprint density at radius 3 is 2.86 bits per heavy atom. The van der Waals surface area contributed by atoms with Gasteiger partial charge in [-0.1, -0.05) is 23.9 Å². The molecule has 0 amide bonds. The van der Waals surface area contributed by atoms with Crippen LogP contribution in [0.2, 0.25) is 0 Å². The molecule has 0 aliphatic heterocycles. The minimum absolute atomic E-state index is 0.00113. The lowest BCUT2D eigenvalue weighted by Gasteiger charge is -2.13. The molecule has 0 unspecified atom stereocenters. The smallest absolute Gasteiger partial charge is 0.263 e. The van der Waals surface area contributed by atoms with Gasteiger partial charge in [-0.25, -0.2) is 4.98 Å². The molecule has 4 rings (SSSR count). The molecule has 1 aliphatic carbocycles. The fraction of sp³-hybridized carbons (Fsp3) is 0.381. The van der Waals surface area contributed by atoms with Crippen molar-refractivity contribution in [3.8, 4) is 0 Å². The van der Waals surface area contributed by atoms with Crippen molar-refractivity contribution in [3.05, 3.63) is 57.0 Å². The summed E-state index contributed by atoms with van der Waals surface area (Å²) in [4.78, 5) is 32.8. The maximum atomic E-state index is 13.3. The zero-order valence-electron chi connectivity index (χ0n) is 16.2. The number of allylic oxidation sites excluding steroid dienone is 1. The van der Waals surface area contributed by atoms with E-state index in [9.17, 15) is 9.59 Å². The minimum Gasteiger partial charge on any atom is -0.348 e. The number of carbonyl (C=O) groups excluding carboxylic acids is 1. The molecule has 3 heterocycles. The number of ketones is 1. The van der Waals surface area contributed by atoms with Gasteiger partial charge >= 0.3 is 0 Å². The lowest BCUT2D eigenvalue weighted by atomic mass is 9.97. The number of fused-ring (bicyclic) bond motifs is 3. The van der Waals surface area contributed by atoms with Gasteiger partial charge in [-0.15, -0.1) is 11.3 Å². The first kappa shape index (κ1) is 19.2. The summed E-state index contributed by atoms with van der Waals surface area (Å²) < 4.78 is 3.50. The van der Waals surface area contributed by atoms with Crippen LogP contribution in [0.15, 0.2) is 40.4 Å². The van der Waals surface area contributed by atoms with E-state index in [1.54, 1.807) is 15.9 Å². The normalized spacial score (nSPS) is 13.6. The van der Waals surface area contributed by atoms with Crippen LogP contribution in [-0.4, -0.2) is 25.7 Å². The van der Waals surface area contributed by atoms with Crippen molar-refractivity contribution in [1.29, 1.82) is 0 Å². The van der Waals surface area contributed by atoms with Gasteiger partial charge in [0.15, 0.2) is 10.9 Å². The number of aromatic nitrogens is 3. The van der Waals surface area contributed by atoms with Gasteiger partial charge in [-0.05, 0) is 50.3 Å². The van der Waals surface area contributed by atoms with E-state index in [1.807, 2.05) is 36.9 Å². The summed E-state index contributed by atoms with van der Waals surface area (Å²) in [5.41, 5.74) is 2.74. The molecule has 146 valence electrons.